The van der Waals surface area contributed by atoms with Gasteiger partial charge in [-0.15, -0.1) is 0 Å². The van der Waals surface area contributed by atoms with Gasteiger partial charge in [-0.25, -0.2) is 8.78 Å². The van der Waals surface area contributed by atoms with E-state index in [2.05, 4.69) is 25.7 Å². The van der Waals surface area contributed by atoms with E-state index in [-0.39, 0.29) is 35.5 Å². The number of hydrogen-bond acceptors (Lipinski definition) is 6. The molecule has 5 atom stereocenters. The van der Waals surface area contributed by atoms with Crippen molar-refractivity contribution in [2.24, 2.45) is 11.8 Å². The van der Waals surface area contributed by atoms with Gasteiger partial charge in [0.25, 0.3) is 6.43 Å². The third-order valence-electron chi connectivity index (χ3n) is 9.09. The first kappa shape index (κ1) is 27.9. The van der Waals surface area contributed by atoms with Crippen molar-refractivity contribution in [3.8, 4) is 17.2 Å². The van der Waals surface area contributed by atoms with Crippen molar-refractivity contribution < 1.29 is 32.8 Å². The minimum Gasteiger partial charge on any atom is -0.464 e. The molecule has 0 radical (unpaired) electrons. The number of fused-ring (bicyclic) bond motifs is 6. The minimum absolute atomic E-state index is 0.00646. The van der Waals surface area contributed by atoms with Gasteiger partial charge < -0.3 is 29.0 Å². The maximum atomic E-state index is 15.0. The molecule has 218 valence electrons. The van der Waals surface area contributed by atoms with Gasteiger partial charge >= 0.3 is 0 Å². The Kier molecular flexibility index (Phi) is 7.42. The van der Waals surface area contributed by atoms with E-state index in [1.54, 1.807) is 12.1 Å². The highest BCUT2D eigenvalue weighted by molar-refractivity contribution is 5.69. The van der Waals surface area contributed by atoms with Gasteiger partial charge in [-0.3, -0.25) is 0 Å². The van der Waals surface area contributed by atoms with Crippen LogP contribution in [0.15, 0.2) is 54.6 Å². The number of hydrogen-bond donors (Lipinski definition) is 1. The summed E-state index contributed by atoms with van der Waals surface area (Å²) in [5.74, 6) is 0.847. The smallest absolute Gasteiger partial charge is 0.271 e. The monoisotopic (exact) mass is 565 g/mol. The summed E-state index contributed by atoms with van der Waals surface area (Å²) in [5, 5.41) is 9.81. The predicted molar refractivity (Wildman–Crippen MR) is 152 cm³/mol. The van der Waals surface area contributed by atoms with Crippen LogP contribution in [0.25, 0.3) is 0 Å². The Bertz CT molecular complexity index is 1430. The second-order valence-corrected chi connectivity index (χ2v) is 11.2. The van der Waals surface area contributed by atoms with Crippen molar-refractivity contribution in [3.63, 3.8) is 0 Å². The van der Waals surface area contributed by atoms with Crippen LogP contribution in [0.1, 0.15) is 68.4 Å². The van der Waals surface area contributed by atoms with Crippen molar-refractivity contribution in [3.05, 3.63) is 82.4 Å². The van der Waals surface area contributed by atoms with Crippen LogP contribution in [0.4, 0.5) is 14.5 Å². The van der Waals surface area contributed by atoms with Crippen LogP contribution in [0, 0.1) is 11.8 Å². The zero-order valence-corrected chi connectivity index (χ0v) is 23.9. The SMILES string of the molecule is CCN(CC)c1ccc2c(c1)Oc1c(ccc(OC3C[C@@H](C)[C@@H](C)[C@@H](CO)O3)c1C(F)F)C21OCc2ccccc21. The highest BCUT2D eigenvalue weighted by Crippen LogP contribution is 2.59. The standard InChI is InChI=1S/C33H37F2NO5/c1-5-36(6-2)22-11-12-24-27(16-22)41-31-25(33(24)23-10-8-7-9-21(23)18-38-33)13-14-26(30(31)32(34)35)39-29-15-19(3)20(4)28(17-37)40-29/h7-14,16,19-20,28-29,32,37H,5-6,15,17-18H2,1-4H3/t19-,20-,28-,29?,33?/m1/s1. The van der Waals surface area contributed by atoms with Crippen LogP contribution >= 0.6 is 0 Å². The summed E-state index contributed by atoms with van der Waals surface area (Å²) in [5.41, 5.74) is 2.74. The fourth-order valence-electron chi connectivity index (χ4n) is 6.59. The van der Waals surface area contributed by atoms with E-state index in [0.717, 1.165) is 35.5 Å². The number of nitrogens with zero attached hydrogens (tertiary/aromatic N) is 1. The maximum absolute atomic E-state index is 15.0. The third kappa shape index (κ3) is 4.47. The average molecular weight is 566 g/mol. The topological polar surface area (TPSA) is 60.4 Å². The first-order chi connectivity index (χ1) is 19.8. The quantitative estimate of drug-likeness (QED) is 0.328. The Labute approximate surface area is 239 Å². The molecule has 1 N–H and O–H groups in total. The van der Waals surface area contributed by atoms with Crippen LogP contribution in [0.2, 0.25) is 0 Å². The van der Waals surface area contributed by atoms with Crippen LogP contribution in [-0.2, 0) is 21.7 Å². The van der Waals surface area contributed by atoms with E-state index in [1.807, 2.05) is 49.4 Å². The summed E-state index contributed by atoms with van der Waals surface area (Å²) in [4.78, 5) is 2.18. The lowest BCUT2D eigenvalue weighted by Crippen LogP contribution is -2.43. The molecule has 0 aromatic heterocycles. The molecular formula is C33H37F2NO5. The zero-order valence-electron chi connectivity index (χ0n) is 23.9. The highest BCUT2D eigenvalue weighted by atomic mass is 19.3. The maximum Gasteiger partial charge on any atom is 0.271 e. The number of halogens is 2. The third-order valence-corrected chi connectivity index (χ3v) is 9.09. The second-order valence-electron chi connectivity index (χ2n) is 11.2. The van der Waals surface area contributed by atoms with Crippen molar-refractivity contribution in [1.82, 2.24) is 0 Å². The van der Waals surface area contributed by atoms with Gasteiger partial charge in [-0.2, -0.15) is 0 Å². The lowest BCUT2D eigenvalue weighted by molar-refractivity contribution is -0.192. The summed E-state index contributed by atoms with van der Waals surface area (Å²) in [6, 6.07) is 17.2. The molecule has 3 heterocycles. The number of anilines is 1. The average Bonchev–Trinajstić information content (AvgIpc) is 3.35. The van der Waals surface area contributed by atoms with Gasteiger partial charge in [-0.1, -0.05) is 38.1 Å². The Hall–Kier alpha value is -3.20. The summed E-state index contributed by atoms with van der Waals surface area (Å²) in [6.45, 7) is 10.0. The number of ether oxygens (including phenoxy) is 4. The van der Waals surface area contributed by atoms with Gasteiger partial charge in [0, 0.05) is 42.4 Å². The molecule has 8 heteroatoms. The Morgan fingerprint density at radius 3 is 2.51 bits per heavy atom. The summed E-state index contributed by atoms with van der Waals surface area (Å²) < 4.78 is 55.2. The molecule has 1 saturated heterocycles. The zero-order chi connectivity index (χ0) is 28.9. The Balaban J connectivity index is 1.50. The molecule has 1 spiro atoms. The van der Waals surface area contributed by atoms with Crippen molar-refractivity contribution >= 4 is 5.69 Å². The molecule has 3 aliphatic heterocycles. The molecule has 2 unspecified atom stereocenters. The number of rotatable bonds is 7. The summed E-state index contributed by atoms with van der Waals surface area (Å²) >= 11 is 0. The normalized spacial score (nSPS) is 26.3. The van der Waals surface area contributed by atoms with Gasteiger partial charge in [0.15, 0.2) is 5.60 Å². The van der Waals surface area contributed by atoms with E-state index in [9.17, 15) is 5.11 Å². The Morgan fingerprint density at radius 1 is 1.02 bits per heavy atom. The molecule has 6 nitrogen and oxygen atoms in total. The minimum atomic E-state index is -2.88. The van der Waals surface area contributed by atoms with Crippen LogP contribution < -0.4 is 14.4 Å². The summed E-state index contributed by atoms with van der Waals surface area (Å²) in [7, 11) is 0. The Morgan fingerprint density at radius 2 is 1.78 bits per heavy atom. The van der Waals surface area contributed by atoms with Gasteiger partial charge in [0.05, 0.1) is 19.3 Å². The first-order valence-corrected chi connectivity index (χ1v) is 14.5. The predicted octanol–water partition coefficient (Wildman–Crippen LogP) is 7.16. The molecule has 0 amide bonds. The van der Waals surface area contributed by atoms with Gasteiger partial charge in [0.2, 0.25) is 6.29 Å². The molecule has 1 fully saturated rings. The number of aliphatic hydroxyl groups is 1. The van der Waals surface area contributed by atoms with Crippen molar-refractivity contribution in [1.29, 1.82) is 0 Å². The molecule has 3 aromatic carbocycles. The molecule has 6 rings (SSSR count). The molecular weight excluding hydrogens is 528 g/mol. The fraction of sp³-hybridized carbons (Fsp3) is 0.455. The highest BCUT2D eigenvalue weighted by Gasteiger charge is 2.51. The molecule has 41 heavy (non-hydrogen) atoms. The molecule has 0 saturated carbocycles. The van der Waals surface area contributed by atoms with Crippen molar-refractivity contribution in [2.45, 2.75) is 65.1 Å². The largest absolute Gasteiger partial charge is 0.464 e. The van der Waals surface area contributed by atoms with Gasteiger partial charge in [0.1, 0.15) is 22.8 Å². The first-order valence-electron chi connectivity index (χ1n) is 14.5. The molecule has 3 aliphatic rings. The van der Waals surface area contributed by atoms with Crippen molar-refractivity contribution in [2.75, 3.05) is 24.6 Å². The number of benzene rings is 3. The van der Waals surface area contributed by atoms with E-state index in [1.165, 1.54) is 0 Å². The fourth-order valence-corrected chi connectivity index (χ4v) is 6.59. The molecule has 0 aliphatic carbocycles. The molecule has 0 bridgehead atoms. The summed E-state index contributed by atoms with van der Waals surface area (Å²) in [6.07, 6.45) is -3.55. The lowest BCUT2D eigenvalue weighted by atomic mass is 9.77. The van der Waals surface area contributed by atoms with Crippen LogP contribution in [0.3, 0.4) is 0 Å². The van der Waals surface area contributed by atoms with E-state index in [0.29, 0.717) is 24.3 Å². The number of aliphatic hydroxyl groups excluding tert-OH is 1. The van der Waals surface area contributed by atoms with Crippen LogP contribution in [0.5, 0.6) is 17.2 Å². The van der Waals surface area contributed by atoms with E-state index >= 15 is 8.78 Å². The van der Waals surface area contributed by atoms with E-state index in [4.69, 9.17) is 18.9 Å². The molecule has 3 aromatic rings. The lowest BCUT2D eigenvalue weighted by Gasteiger charge is -2.40. The van der Waals surface area contributed by atoms with Crippen LogP contribution in [-0.4, -0.2) is 37.2 Å². The second kappa shape index (κ2) is 10.9. The number of alkyl halides is 2. The van der Waals surface area contributed by atoms with E-state index < -0.39 is 24.4 Å². The van der Waals surface area contributed by atoms with Gasteiger partial charge in [-0.05, 0) is 61.1 Å².